The van der Waals surface area contributed by atoms with Crippen LogP contribution in [-0.2, 0) is 4.79 Å². The first-order valence-corrected chi connectivity index (χ1v) is 3.76. The molecule has 0 saturated heterocycles. The standard InChI is InChI=1S/C4H6NO4Si/c1-3(2)4(6)10(9)5(7)8/h9H,1H2,2H3. The lowest BCUT2D eigenvalue weighted by atomic mass is 10.4. The van der Waals surface area contributed by atoms with Crippen LogP contribution < -0.4 is 0 Å². The Morgan fingerprint density at radius 1 is 1.80 bits per heavy atom. The van der Waals surface area contributed by atoms with Gasteiger partial charge in [-0.3, -0.25) is 14.9 Å². The highest BCUT2D eigenvalue weighted by atomic mass is 28.3. The van der Waals surface area contributed by atoms with E-state index in [2.05, 4.69) is 6.58 Å². The van der Waals surface area contributed by atoms with Crippen LogP contribution in [0.15, 0.2) is 12.2 Å². The molecular weight excluding hydrogens is 154 g/mol. The Balaban J connectivity index is 4.22. The monoisotopic (exact) mass is 160 g/mol. The summed E-state index contributed by atoms with van der Waals surface area (Å²) in [4.78, 5) is 28.9. The van der Waals surface area contributed by atoms with Crippen molar-refractivity contribution in [2.45, 2.75) is 6.92 Å². The van der Waals surface area contributed by atoms with Crippen molar-refractivity contribution in [3.05, 3.63) is 22.3 Å². The molecular formula is C4H6NO4Si. The average molecular weight is 160 g/mol. The molecule has 0 atom stereocenters. The van der Waals surface area contributed by atoms with Crippen molar-refractivity contribution in [1.82, 2.24) is 0 Å². The van der Waals surface area contributed by atoms with E-state index in [-0.39, 0.29) is 5.57 Å². The predicted molar refractivity (Wildman–Crippen MR) is 34.8 cm³/mol. The molecule has 1 radical (unpaired) electrons. The molecule has 0 rings (SSSR count). The maximum Gasteiger partial charge on any atom is 0.742 e. The van der Waals surface area contributed by atoms with Crippen molar-refractivity contribution in [3.8, 4) is 0 Å². The van der Waals surface area contributed by atoms with Crippen molar-refractivity contribution in [2.75, 3.05) is 0 Å². The lowest BCUT2D eigenvalue weighted by Gasteiger charge is -1.93. The minimum absolute atomic E-state index is 0.0214. The van der Waals surface area contributed by atoms with Crippen LogP contribution >= 0.6 is 0 Å². The van der Waals surface area contributed by atoms with E-state index in [0.717, 1.165) is 0 Å². The van der Waals surface area contributed by atoms with Gasteiger partial charge in [-0.05, 0) is 17.1 Å². The molecule has 0 heterocycles. The lowest BCUT2D eigenvalue weighted by molar-refractivity contribution is -0.345. The Labute approximate surface area is 58.9 Å². The number of allylic oxidation sites excluding steroid dienone is 1. The number of hydrogen-bond donors (Lipinski definition) is 1. The minimum atomic E-state index is -3.10. The van der Waals surface area contributed by atoms with Gasteiger partial charge >= 0.3 is 9.20 Å². The first-order chi connectivity index (χ1) is 4.46. The second kappa shape index (κ2) is 3.23. The fourth-order valence-electron chi connectivity index (χ4n) is 0.274. The summed E-state index contributed by atoms with van der Waals surface area (Å²) in [6.07, 6.45) is 0. The quantitative estimate of drug-likeness (QED) is 0.259. The summed E-state index contributed by atoms with van der Waals surface area (Å²) >= 11 is 0. The third-order valence-corrected chi connectivity index (χ3v) is 1.94. The molecule has 55 valence electrons. The maximum absolute atomic E-state index is 10.5. The largest absolute Gasteiger partial charge is 0.742 e. The van der Waals surface area contributed by atoms with E-state index in [4.69, 9.17) is 4.80 Å². The van der Waals surface area contributed by atoms with Crippen LogP contribution in [0, 0.1) is 10.1 Å². The van der Waals surface area contributed by atoms with Gasteiger partial charge in [-0.2, -0.15) is 0 Å². The van der Waals surface area contributed by atoms with E-state index in [1.54, 1.807) is 0 Å². The van der Waals surface area contributed by atoms with Crippen molar-refractivity contribution in [2.24, 2.45) is 0 Å². The van der Waals surface area contributed by atoms with Gasteiger partial charge in [0.05, 0.1) is 0 Å². The first kappa shape index (κ1) is 8.99. The highest BCUT2D eigenvalue weighted by molar-refractivity contribution is 6.81. The van der Waals surface area contributed by atoms with Gasteiger partial charge in [0.15, 0.2) is 0 Å². The minimum Gasteiger partial charge on any atom is -0.368 e. The smallest absolute Gasteiger partial charge is 0.368 e. The van der Waals surface area contributed by atoms with Crippen molar-refractivity contribution >= 4 is 14.6 Å². The van der Waals surface area contributed by atoms with Gasteiger partial charge in [0, 0.05) is 0 Å². The van der Waals surface area contributed by atoms with Gasteiger partial charge in [0.25, 0.3) is 0 Å². The fraction of sp³-hybridized carbons (Fsp3) is 0.250. The van der Waals surface area contributed by atoms with Crippen LogP contribution in [0.25, 0.3) is 0 Å². The molecule has 0 aliphatic rings. The topological polar surface area (TPSA) is 80.4 Å². The molecule has 0 aliphatic carbocycles. The summed E-state index contributed by atoms with van der Waals surface area (Å²) in [7, 11) is -3.10. The van der Waals surface area contributed by atoms with Crippen LogP contribution in [-0.4, -0.2) is 24.0 Å². The molecule has 5 nitrogen and oxygen atoms in total. The normalized spacial score (nSPS) is 9.50. The summed E-state index contributed by atoms with van der Waals surface area (Å²) in [5.74, 6) is 0. The molecule has 0 bridgehead atoms. The third-order valence-electron chi connectivity index (χ3n) is 0.764. The zero-order chi connectivity index (χ0) is 8.31. The summed E-state index contributed by atoms with van der Waals surface area (Å²) in [6.45, 7) is 4.50. The molecule has 0 aliphatic heterocycles. The highest BCUT2D eigenvalue weighted by Crippen LogP contribution is 1.92. The molecule has 0 spiro atoms. The maximum atomic E-state index is 10.5. The average Bonchev–Trinajstić information content (AvgIpc) is 1.84. The van der Waals surface area contributed by atoms with Gasteiger partial charge in [-0.25, -0.2) is 0 Å². The molecule has 0 aromatic rings. The summed E-state index contributed by atoms with van der Waals surface area (Å²) < 4.78 is -0.971. The van der Waals surface area contributed by atoms with Gasteiger partial charge < -0.3 is 4.80 Å². The van der Waals surface area contributed by atoms with Crippen LogP contribution in [0.2, 0.25) is 0 Å². The van der Waals surface area contributed by atoms with Crippen LogP contribution in [0.1, 0.15) is 6.92 Å². The summed E-state index contributed by atoms with van der Waals surface area (Å²) in [6, 6.07) is 0. The zero-order valence-electron chi connectivity index (χ0n) is 5.33. The van der Waals surface area contributed by atoms with Gasteiger partial charge in [-0.1, -0.05) is 6.58 Å². The molecule has 0 unspecified atom stereocenters. The Morgan fingerprint density at radius 2 is 2.20 bits per heavy atom. The molecule has 0 amide bonds. The van der Waals surface area contributed by atoms with Crippen LogP contribution in [0.3, 0.4) is 0 Å². The van der Waals surface area contributed by atoms with Gasteiger partial charge in [-0.15, -0.1) is 0 Å². The predicted octanol–water partition coefficient (Wildman–Crippen LogP) is -0.572. The Hall–Kier alpha value is -1.01. The molecule has 10 heavy (non-hydrogen) atoms. The Kier molecular flexibility index (Phi) is 2.90. The first-order valence-electron chi connectivity index (χ1n) is 2.37. The van der Waals surface area contributed by atoms with E-state index < -0.39 is 19.2 Å². The van der Waals surface area contributed by atoms with E-state index in [1.165, 1.54) is 6.92 Å². The summed E-state index contributed by atoms with van der Waals surface area (Å²) in [5, 5.41) is 8.93. The van der Waals surface area contributed by atoms with Crippen LogP contribution in [0.4, 0.5) is 0 Å². The molecule has 0 fully saturated rings. The van der Waals surface area contributed by atoms with E-state index >= 15 is 0 Å². The van der Waals surface area contributed by atoms with Gasteiger partial charge in [0.1, 0.15) is 0 Å². The molecule has 6 heteroatoms. The van der Waals surface area contributed by atoms with Crippen molar-refractivity contribution in [1.29, 1.82) is 0 Å². The number of hydrogen-bond acceptors (Lipinski definition) is 4. The number of nitro groups is 1. The van der Waals surface area contributed by atoms with Gasteiger partial charge in [0.2, 0.25) is 5.41 Å². The van der Waals surface area contributed by atoms with E-state index in [1.807, 2.05) is 0 Å². The molecule has 0 saturated carbocycles. The van der Waals surface area contributed by atoms with Crippen LogP contribution in [0.5, 0.6) is 0 Å². The highest BCUT2D eigenvalue weighted by Gasteiger charge is 2.38. The number of carbonyl (C=O) groups excluding carboxylic acids is 1. The van der Waals surface area contributed by atoms with E-state index in [0.29, 0.717) is 0 Å². The number of rotatable bonds is 3. The van der Waals surface area contributed by atoms with E-state index in [9.17, 15) is 14.9 Å². The third kappa shape index (κ3) is 2.07. The molecule has 0 aromatic heterocycles. The van der Waals surface area contributed by atoms with Crippen molar-refractivity contribution < 1.29 is 14.2 Å². The number of nitrogens with zero attached hydrogens (tertiary/aromatic N) is 1. The Morgan fingerprint density at radius 3 is 2.30 bits per heavy atom. The SMILES string of the molecule is C=C(C)C(=O)[Si](O)[N+](=O)[O-]. The summed E-state index contributed by atoms with van der Waals surface area (Å²) in [5.41, 5.74) is 0.0214. The molecule has 0 aromatic carbocycles. The fourth-order valence-corrected chi connectivity index (χ4v) is 0.821. The Bertz CT molecular complexity index is 190. The zero-order valence-corrected chi connectivity index (χ0v) is 6.33. The second-order valence-corrected chi connectivity index (χ2v) is 3.16. The lowest BCUT2D eigenvalue weighted by Crippen LogP contribution is -2.35. The number of carbonyl (C=O) groups is 1. The molecule has 1 N–H and O–H groups in total. The second-order valence-electron chi connectivity index (χ2n) is 1.69. The van der Waals surface area contributed by atoms with Crippen molar-refractivity contribution in [3.63, 3.8) is 0 Å².